The SMILES string of the molecule is COc1ccc(-c2cc(CNC(=O)c3ccccc3Nc3ccccc3)ncn2)cc1. The Morgan fingerprint density at radius 2 is 1.65 bits per heavy atom. The molecule has 0 unspecified atom stereocenters. The molecular weight excluding hydrogens is 388 g/mol. The fraction of sp³-hybridized carbons (Fsp3) is 0.0800. The van der Waals surface area contributed by atoms with E-state index >= 15 is 0 Å². The summed E-state index contributed by atoms with van der Waals surface area (Å²) >= 11 is 0. The molecule has 0 spiro atoms. The highest BCUT2D eigenvalue weighted by molar-refractivity contribution is 6.00. The van der Waals surface area contributed by atoms with Crippen LogP contribution in [-0.4, -0.2) is 23.0 Å². The summed E-state index contributed by atoms with van der Waals surface area (Å²) in [5.74, 6) is 0.608. The number of rotatable bonds is 7. The van der Waals surface area contributed by atoms with Crippen LogP contribution in [0.4, 0.5) is 11.4 Å². The summed E-state index contributed by atoms with van der Waals surface area (Å²) in [7, 11) is 1.63. The fourth-order valence-electron chi connectivity index (χ4n) is 3.15. The molecule has 4 rings (SSSR count). The number of aromatic nitrogens is 2. The summed E-state index contributed by atoms with van der Waals surface area (Å²) < 4.78 is 5.20. The lowest BCUT2D eigenvalue weighted by Crippen LogP contribution is -2.24. The van der Waals surface area contributed by atoms with Crippen molar-refractivity contribution in [2.75, 3.05) is 12.4 Å². The van der Waals surface area contributed by atoms with Crippen molar-refractivity contribution >= 4 is 17.3 Å². The van der Waals surface area contributed by atoms with Gasteiger partial charge in [0.1, 0.15) is 12.1 Å². The van der Waals surface area contributed by atoms with Crippen LogP contribution in [0.3, 0.4) is 0 Å². The second kappa shape index (κ2) is 9.54. The molecular formula is C25H22N4O2. The van der Waals surface area contributed by atoms with E-state index in [-0.39, 0.29) is 5.91 Å². The molecule has 6 heteroatoms. The predicted octanol–water partition coefficient (Wildman–Crippen LogP) is 4.83. The standard InChI is InChI=1S/C25H22N4O2/c1-31-21-13-11-18(12-14-21)24-15-20(27-17-28-24)16-26-25(30)22-9-5-6-10-23(22)29-19-7-3-2-4-8-19/h2-15,17,29H,16H2,1H3,(H,26,30). The number of para-hydroxylation sites is 2. The average molecular weight is 410 g/mol. The van der Waals surface area contributed by atoms with E-state index in [1.54, 1.807) is 13.2 Å². The van der Waals surface area contributed by atoms with Gasteiger partial charge in [-0.25, -0.2) is 9.97 Å². The Morgan fingerprint density at radius 3 is 2.42 bits per heavy atom. The highest BCUT2D eigenvalue weighted by Gasteiger charge is 2.12. The molecule has 2 N–H and O–H groups in total. The Balaban J connectivity index is 1.46. The van der Waals surface area contributed by atoms with Crippen molar-refractivity contribution < 1.29 is 9.53 Å². The van der Waals surface area contributed by atoms with Crippen LogP contribution in [0.2, 0.25) is 0 Å². The number of hydrogen-bond donors (Lipinski definition) is 2. The first-order chi connectivity index (χ1) is 15.2. The maximum atomic E-state index is 12.8. The molecule has 0 radical (unpaired) electrons. The lowest BCUT2D eigenvalue weighted by molar-refractivity contribution is 0.0951. The number of carbonyl (C=O) groups excluding carboxylic acids is 1. The molecule has 0 aliphatic rings. The minimum Gasteiger partial charge on any atom is -0.497 e. The van der Waals surface area contributed by atoms with Crippen LogP contribution in [0.25, 0.3) is 11.3 Å². The molecule has 1 heterocycles. The Hall–Kier alpha value is -4.19. The molecule has 0 saturated carbocycles. The van der Waals surface area contributed by atoms with Gasteiger partial charge in [-0.1, -0.05) is 30.3 Å². The molecule has 0 bridgehead atoms. The van der Waals surface area contributed by atoms with Gasteiger partial charge < -0.3 is 15.4 Å². The second-order valence-electron chi connectivity index (χ2n) is 6.84. The molecule has 0 aliphatic heterocycles. The molecule has 1 aromatic heterocycles. The Bertz CT molecular complexity index is 1160. The molecule has 3 aromatic carbocycles. The van der Waals surface area contributed by atoms with E-state index in [1.807, 2.05) is 78.9 Å². The van der Waals surface area contributed by atoms with Crippen molar-refractivity contribution in [3.05, 3.63) is 103 Å². The van der Waals surface area contributed by atoms with Crippen LogP contribution >= 0.6 is 0 Å². The van der Waals surface area contributed by atoms with Gasteiger partial charge in [0.15, 0.2) is 0 Å². The first-order valence-corrected chi connectivity index (χ1v) is 9.87. The molecule has 0 saturated heterocycles. The van der Waals surface area contributed by atoms with Crippen molar-refractivity contribution in [1.82, 2.24) is 15.3 Å². The summed E-state index contributed by atoms with van der Waals surface area (Å²) in [6, 6.07) is 26.7. The van der Waals surface area contributed by atoms with Gasteiger partial charge in [-0.2, -0.15) is 0 Å². The second-order valence-corrected chi connectivity index (χ2v) is 6.84. The third kappa shape index (κ3) is 5.05. The smallest absolute Gasteiger partial charge is 0.253 e. The minimum absolute atomic E-state index is 0.177. The quantitative estimate of drug-likeness (QED) is 0.457. The third-order valence-electron chi connectivity index (χ3n) is 4.76. The van der Waals surface area contributed by atoms with Crippen LogP contribution < -0.4 is 15.4 Å². The molecule has 31 heavy (non-hydrogen) atoms. The molecule has 4 aromatic rings. The number of nitrogens with one attached hydrogen (secondary N) is 2. The van der Waals surface area contributed by atoms with E-state index in [4.69, 9.17) is 4.74 Å². The molecule has 0 aliphatic carbocycles. The average Bonchev–Trinajstić information content (AvgIpc) is 2.84. The van der Waals surface area contributed by atoms with E-state index in [0.29, 0.717) is 12.1 Å². The van der Waals surface area contributed by atoms with Crippen LogP contribution in [0.15, 0.2) is 91.3 Å². The number of amides is 1. The van der Waals surface area contributed by atoms with Crippen LogP contribution in [0.5, 0.6) is 5.75 Å². The number of nitrogens with zero attached hydrogens (tertiary/aromatic N) is 2. The van der Waals surface area contributed by atoms with E-state index in [2.05, 4.69) is 20.6 Å². The summed E-state index contributed by atoms with van der Waals surface area (Å²) in [6.45, 7) is 0.296. The molecule has 0 atom stereocenters. The van der Waals surface area contributed by atoms with Gasteiger partial charge >= 0.3 is 0 Å². The fourth-order valence-corrected chi connectivity index (χ4v) is 3.15. The molecule has 6 nitrogen and oxygen atoms in total. The van der Waals surface area contributed by atoms with Gasteiger partial charge in [0.05, 0.1) is 36.3 Å². The molecule has 154 valence electrons. The van der Waals surface area contributed by atoms with Gasteiger partial charge in [-0.3, -0.25) is 4.79 Å². The van der Waals surface area contributed by atoms with Gasteiger partial charge in [0.2, 0.25) is 0 Å². The molecule has 0 fully saturated rings. The van der Waals surface area contributed by atoms with Crippen molar-refractivity contribution in [2.45, 2.75) is 6.54 Å². The minimum atomic E-state index is -0.177. The summed E-state index contributed by atoms with van der Waals surface area (Å²) in [5, 5.41) is 6.24. The maximum absolute atomic E-state index is 12.8. The topological polar surface area (TPSA) is 76.1 Å². The van der Waals surface area contributed by atoms with Crippen LogP contribution in [0.1, 0.15) is 16.1 Å². The number of methoxy groups -OCH3 is 1. The van der Waals surface area contributed by atoms with E-state index in [9.17, 15) is 4.79 Å². The zero-order valence-electron chi connectivity index (χ0n) is 17.1. The lowest BCUT2D eigenvalue weighted by atomic mass is 10.1. The largest absolute Gasteiger partial charge is 0.497 e. The number of ether oxygens (including phenoxy) is 1. The van der Waals surface area contributed by atoms with Gasteiger partial charge in [0.25, 0.3) is 5.91 Å². The number of anilines is 2. The van der Waals surface area contributed by atoms with Crippen molar-refractivity contribution in [1.29, 1.82) is 0 Å². The van der Waals surface area contributed by atoms with Crippen molar-refractivity contribution in [3.63, 3.8) is 0 Å². The highest BCUT2D eigenvalue weighted by atomic mass is 16.5. The Labute approximate surface area is 181 Å². The molecule has 1 amide bonds. The van der Waals surface area contributed by atoms with E-state index < -0.39 is 0 Å². The number of carbonyl (C=O) groups is 1. The number of benzene rings is 3. The van der Waals surface area contributed by atoms with Crippen LogP contribution in [-0.2, 0) is 6.54 Å². The van der Waals surface area contributed by atoms with Crippen LogP contribution in [0, 0.1) is 0 Å². The number of hydrogen-bond acceptors (Lipinski definition) is 5. The Morgan fingerprint density at radius 1 is 0.903 bits per heavy atom. The lowest BCUT2D eigenvalue weighted by Gasteiger charge is -2.12. The maximum Gasteiger partial charge on any atom is 0.253 e. The Kier molecular flexibility index (Phi) is 6.18. The summed E-state index contributed by atoms with van der Waals surface area (Å²) in [4.78, 5) is 21.5. The highest BCUT2D eigenvalue weighted by Crippen LogP contribution is 2.22. The van der Waals surface area contributed by atoms with E-state index in [1.165, 1.54) is 6.33 Å². The normalized spacial score (nSPS) is 10.4. The van der Waals surface area contributed by atoms with Gasteiger partial charge in [-0.15, -0.1) is 0 Å². The summed E-state index contributed by atoms with van der Waals surface area (Å²) in [6.07, 6.45) is 1.51. The zero-order chi connectivity index (χ0) is 21.5. The van der Waals surface area contributed by atoms with Crippen molar-refractivity contribution in [3.8, 4) is 17.0 Å². The van der Waals surface area contributed by atoms with Gasteiger partial charge in [0, 0.05) is 11.3 Å². The summed E-state index contributed by atoms with van der Waals surface area (Å²) in [5.41, 5.74) is 4.69. The monoisotopic (exact) mass is 410 g/mol. The predicted molar refractivity (Wildman–Crippen MR) is 121 cm³/mol. The van der Waals surface area contributed by atoms with Crippen molar-refractivity contribution in [2.24, 2.45) is 0 Å². The van der Waals surface area contributed by atoms with E-state index in [0.717, 1.165) is 34.1 Å². The van der Waals surface area contributed by atoms with Gasteiger partial charge in [-0.05, 0) is 54.6 Å². The zero-order valence-corrected chi connectivity index (χ0v) is 17.1. The first kappa shape index (κ1) is 20.1. The third-order valence-corrected chi connectivity index (χ3v) is 4.76. The first-order valence-electron chi connectivity index (χ1n) is 9.87.